The van der Waals surface area contributed by atoms with Gasteiger partial charge in [0.2, 0.25) is 5.95 Å². The lowest BCUT2D eigenvalue weighted by Crippen LogP contribution is -2.36. The predicted octanol–water partition coefficient (Wildman–Crippen LogP) is 3.25. The average molecular weight is 363 g/mol. The van der Waals surface area contributed by atoms with Gasteiger partial charge in [0.25, 0.3) is 5.91 Å². The molecule has 136 valence electrons. The number of hydrogen-bond donors (Lipinski definition) is 1. The SMILES string of the molecule is CN1C(=O)c2cc(CO)cn2-c2cc(-c3ccc(F)nc3)ccc2C12CC2. The summed E-state index contributed by atoms with van der Waals surface area (Å²) in [7, 11) is 1.85. The summed E-state index contributed by atoms with van der Waals surface area (Å²) in [4.78, 5) is 18.6. The third-order valence-corrected chi connectivity index (χ3v) is 5.77. The van der Waals surface area contributed by atoms with E-state index in [9.17, 15) is 14.3 Å². The standard InChI is InChI=1S/C21H18FN3O2/c1-24-20(27)18-8-13(12-26)11-25(18)17-9-14(15-3-5-19(22)23-10-15)2-4-16(17)21(24)6-7-21/h2-5,8-11,26H,6-7,12H2,1H3. The number of amides is 1. The first-order valence-corrected chi connectivity index (χ1v) is 8.91. The van der Waals surface area contributed by atoms with E-state index in [1.165, 1.54) is 12.3 Å². The van der Waals surface area contributed by atoms with Crippen molar-refractivity contribution in [1.82, 2.24) is 14.5 Å². The fraction of sp³-hybridized carbons (Fsp3) is 0.238. The number of pyridine rings is 1. The van der Waals surface area contributed by atoms with Gasteiger partial charge < -0.3 is 14.6 Å². The van der Waals surface area contributed by atoms with E-state index < -0.39 is 5.95 Å². The van der Waals surface area contributed by atoms with Crippen molar-refractivity contribution >= 4 is 5.91 Å². The van der Waals surface area contributed by atoms with Gasteiger partial charge in [-0.05, 0) is 48.2 Å². The van der Waals surface area contributed by atoms with Gasteiger partial charge in [0.15, 0.2) is 0 Å². The van der Waals surface area contributed by atoms with E-state index in [-0.39, 0.29) is 18.1 Å². The van der Waals surface area contributed by atoms with E-state index in [4.69, 9.17) is 0 Å². The summed E-state index contributed by atoms with van der Waals surface area (Å²) in [5, 5.41) is 9.55. The van der Waals surface area contributed by atoms with Crippen molar-refractivity contribution in [3.63, 3.8) is 0 Å². The van der Waals surface area contributed by atoms with Crippen LogP contribution in [0.1, 0.15) is 34.5 Å². The molecule has 27 heavy (non-hydrogen) atoms. The number of benzene rings is 1. The van der Waals surface area contributed by atoms with Gasteiger partial charge in [0.1, 0.15) is 5.69 Å². The number of fused-ring (bicyclic) bond motifs is 4. The molecule has 1 amide bonds. The number of carbonyl (C=O) groups is 1. The second-order valence-electron chi connectivity index (χ2n) is 7.26. The number of aliphatic hydroxyl groups excluding tert-OH is 1. The molecule has 2 aliphatic rings. The zero-order valence-electron chi connectivity index (χ0n) is 14.8. The van der Waals surface area contributed by atoms with E-state index >= 15 is 0 Å². The Kier molecular flexibility index (Phi) is 3.30. The zero-order chi connectivity index (χ0) is 18.8. The number of rotatable bonds is 2. The van der Waals surface area contributed by atoms with Crippen LogP contribution < -0.4 is 0 Å². The molecule has 1 aliphatic heterocycles. The first-order valence-electron chi connectivity index (χ1n) is 8.91. The van der Waals surface area contributed by atoms with Gasteiger partial charge in [-0.25, -0.2) is 4.98 Å². The van der Waals surface area contributed by atoms with Crippen LogP contribution in [0.15, 0.2) is 48.8 Å². The maximum absolute atomic E-state index is 13.2. The molecule has 1 fully saturated rings. The van der Waals surface area contributed by atoms with Crippen LogP contribution in [0.4, 0.5) is 4.39 Å². The van der Waals surface area contributed by atoms with Crippen molar-refractivity contribution in [2.24, 2.45) is 0 Å². The Morgan fingerprint density at radius 2 is 1.96 bits per heavy atom. The quantitative estimate of drug-likeness (QED) is 0.711. The Balaban J connectivity index is 1.76. The molecule has 1 aliphatic carbocycles. The van der Waals surface area contributed by atoms with Gasteiger partial charge in [-0.3, -0.25) is 4.79 Å². The number of carbonyl (C=O) groups excluding carboxylic acids is 1. The van der Waals surface area contributed by atoms with Crippen molar-refractivity contribution in [2.45, 2.75) is 25.0 Å². The topological polar surface area (TPSA) is 58.4 Å². The number of nitrogens with zero attached hydrogens (tertiary/aromatic N) is 3. The van der Waals surface area contributed by atoms with E-state index in [0.29, 0.717) is 11.3 Å². The Hall–Kier alpha value is -2.99. The molecule has 0 unspecified atom stereocenters. The Morgan fingerprint density at radius 3 is 2.63 bits per heavy atom. The van der Waals surface area contributed by atoms with Gasteiger partial charge in [0.05, 0.1) is 17.8 Å². The fourth-order valence-corrected chi connectivity index (χ4v) is 4.09. The highest BCUT2D eigenvalue weighted by atomic mass is 19.1. The van der Waals surface area contributed by atoms with Crippen LogP contribution in [0.5, 0.6) is 0 Å². The average Bonchev–Trinajstić information content (AvgIpc) is 3.39. The van der Waals surface area contributed by atoms with Gasteiger partial charge in [0, 0.05) is 30.6 Å². The lowest BCUT2D eigenvalue weighted by molar-refractivity contribution is 0.0705. The maximum atomic E-state index is 13.2. The van der Waals surface area contributed by atoms with Crippen LogP contribution in [0.2, 0.25) is 0 Å². The summed E-state index contributed by atoms with van der Waals surface area (Å²) in [6.07, 6.45) is 5.18. The van der Waals surface area contributed by atoms with E-state index in [1.807, 2.05) is 34.8 Å². The minimum Gasteiger partial charge on any atom is -0.392 e. The molecule has 3 aromatic rings. The molecule has 3 heterocycles. The molecule has 1 aromatic carbocycles. The molecule has 0 atom stereocenters. The molecule has 0 bridgehead atoms. The molecular weight excluding hydrogens is 345 g/mol. The second-order valence-corrected chi connectivity index (χ2v) is 7.26. The van der Waals surface area contributed by atoms with Crippen LogP contribution in [0.3, 0.4) is 0 Å². The summed E-state index contributed by atoms with van der Waals surface area (Å²) < 4.78 is 15.1. The molecule has 6 heteroatoms. The number of hydrogen-bond acceptors (Lipinski definition) is 3. The van der Waals surface area contributed by atoms with Crippen molar-refractivity contribution in [3.8, 4) is 16.8 Å². The first-order chi connectivity index (χ1) is 13.0. The lowest BCUT2D eigenvalue weighted by Gasteiger charge is -2.27. The smallest absolute Gasteiger partial charge is 0.271 e. The highest BCUT2D eigenvalue weighted by Gasteiger charge is 2.53. The van der Waals surface area contributed by atoms with Crippen LogP contribution in [0, 0.1) is 5.95 Å². The lowest BCUT2D eigenvalue weighted by atomic mass is 9.97. The van der Waals surface area contributed by atoms with E-state index in [0.717, 1.165) is 35.2 Å². The van der Waals surface area contributed by atoms with Crippen LogP contribution in [-0.2, 0) is 12.1 Å². The number of halogens is 1. The summed E-state index contributed by atoms with van der Waals surface area (Å²) in [5.74, 6) is -0.564. The minimum atomic E-state index is -0.516. The molecule has 0 saturated heterocycles. The molecule has 5 rings (SSSR count). The predicted molar refractivity (Wildman–Crippen MR) is 97.9 cm³/mol. The monoisotopic (exact) mass is 363 g/mol. The van der Waals surface area contributed by atoms with Gasteiger partial charge in [-0.1, -0.05) is 12.1 Å². The van der Waals surface area contributed by atoms with Crippen LogP contribution in [0.25, 0.3) is 16.8 Å². The number of aromatic nitrogens is 2. The molecule has 1 N–H and O–H groups in total. The van der Waals surface area contributed by atoms with Gasteiger partial charge >= 0.3 is 0 Å². The highest BCUT2D eigenvalue weighted by Crippen LogP contribution is 2.54. The minimum absolute atomic E-state index is 0.0478. The maximum Gasteiger partial charge on any atom is 0.271 e. The third kappa shape index (κ3) is 2.26. The molecule has 0 radical (unpaired) electrons. The fourth-order valence-electron chi connectivity index (χ4n) is 4.09. The molecular formula is C21H18FN3O2. The van der Waals surface area contributed by atoms with Crippen molar-refractivity contribution < 1.29 is 14.3 Å². The first kappa shape index (κ1) is 16.2. The van der Waals surface area contributed by atoms with Gasteiger partial charge in [-0.2, -0.15) is 4.39 Å². The molecule has 1 saturated carbocycles. The molecule has 5 nitrogen and oxygen atoms in total. The summed E-state index contributed by atoms with van der Waals surface area (Å²) in [6, 6.07) is 10.8. The van der Waals surface area contributed by atoms with E-state index in [2.05, 4.69) is 11.1 Å². The zero-order valence-corrected chi connectivity index (χ0v) is 14.8. The second kappa shape index (κ2) is 5.50. The summed E-state index contributed by atoms with van der Waals surface area (Å²) in [6.45, 7) is -0.126. The highest BCUT2D eigenvalue weighted by molar-refractivity contribution is 5.96. The van der Waals surface area contributed by atoms with Crippen LogP contribution >= 0.6 is 0 Å². The number of aliphatic hydroxyl groups is 1. The Bertz CT molecular complexity index is 1070. The van der Waals surface area contributed by atoms with Gasteiger partial charge in [-0.15, -0.1) is 0 Å². The van der Waals surface area contributed by atoms with E-state index in [1.54, 1.807) is 12.1 Å². The van der Waals surface area contributed by atoms with Crippen LogP contribution in [-0.4, -0.2) is 32.5 Å². The summed E-state index contributed by atoms with van der Waals surface area (Å²) in [5.41, 5.74) is 4.69. The Morgan fingerprint density at radius 1 is 1.19 bits per heavy atom. The third-order valence-electron chi connectivity index (χ3n) is 5.77. The Labute approximate surface area is 155 Å². The van der Waals surface area contributed by atoms with Crippen molar-refractivity contribution in [3.05, 3.63) is 71.6 Å². The molecule has 1 spiro atoms. The summed E-state index contributed by atoms with van der Waals surface area (Å²) >= 11 is 0. The van der Waals surface area contributed by atoms with Crippen molar-refractivity contribution in [1.29, 1.82) is 0 Å². The largest absolute Gasteiger partial charge is 0.392 e. The normalized spacial score (nSPS) is 16.9. The van der Waals surface area contributed by atoms with Crippen molar-refractivity contribution in [2.75, 3.05) is 7.05 Å². The molecule has 2 aromatic heterocycles.